The summed E-state index contributed by atoms with van der Waals surface area (Å²) in [4.78, 5) is 0. The standard InChI is InChI=1S/C8H11P/c1-9(2)8-6-4-3-5-7-8/h3-7H,1-2H3/i3D. The predicted molar refractivity (Wildman–Crippen MR) is 44.8 cm³/mol. The number of hydrogen-bond donors (Lipinski definition) is 0. The minimum atomic E-state index is 0.00870. The molecule has 0 saturated heterocycles. The lowest BCUT2D eigenvalue weighted by Gasteiger charge is -2.02. The van der Waals surface area contributed by atoms with Crippen molar-refractivity contribution in [2.75, 3.05) is 13.3 Å². The fraction of sp³-hybridized carbons (Fsp3) is 0.250. The third-order valence-corrected chi connectivity index (χ3v) is 2.55. The highest BCUT2D eigenvalue weighted by Gasteiger charge is 1.92. The zero-order chi connectivity index (χ0) is 7.56. The van der Waals surface area contributed by atoms with E-state index in [4.69, 9.17) is 1.37 Å². The summed E-state index contributed by atoms with van der Waals surface area (Å²) in [6.45, 7) is 4.43. The van der Waals surface area contributed by atoms with Crippen molar-refractivity contribution in [3.8, 4) is 0 Å². The van der Waals surface area contributed by atoms with Gasteiger partial charge in [0.15, 0.2) is 0 Å². The van der Waals surface area contributed by atoms with Gasteiger partial charge in [-0.25, -0.2) is 0 Å². The Morgan fingerprint density at radius 1 is 1.33 bits per heavy atom. The second-order valence-corrected chi connectivity index (χ2v) is 4.46. The van der Waals surface area contributed by atoms with E-state index < -0.39 is 0 Å². The van der Waals surface area contributed by atoms with Crippen molar-refractivity contribution >= 4 is 13.2 Å². The summed E-state index contributed by atoms with van der Waals surface area (Å²) >= 11 is 0. The monoisotopic (exact) mass is 139 g/mol. The third kappa shape index (κ3) is 1.80. The summed E-state index contributed by atoms with van der Waals surface area (Å²) in [5.41, 5.74) is 0. The molecule has 0 aliphatic heterocycles. The van der Waals surface area contributed by atoms with E-state index >= 15 is 0 Å². The summed E-state index contributed by atoms with van der Waals surface area (Å²) in [5, 5.41) is 1.37. The molecule has 0 spiro atoms. The summed E-state index contributed by atoms with van der Waals surface area (Å²) in [6.07, 6.45) is 0. The third-order valence-electron chi connectivity index (χ3n) is 1.22. The van der Waals surface area contributed by atoms with Crippen molar-refractivity contribution in [1.29, 1.82) is 0 Å². The fourth-order valence-electron chi connectivity index (χ4n) is 0.676. The van der Waals surface area contributed by atoms with Gasteiger partial charge in [-0.3, -0.25) is 0 Å². The molecule has 1 aromatic carbocycles. The average Bonchev–Trinajstić information content (AvgIpc) is 1.88. The smallest absolute Gasteiger partial charge is 0.0623 e. The van der Waals surface area contributed by atoms with Crippen LogP contribution in [0.4, 0.5) is 0 Å². The van der Waals surface area contributed by atoms with Gasteiger partial charge in [-0.1, -0.05) is 38.2 Å². The Hall–Kier alpha value is -0.350. The molecule has 48 valence electrons. The van der Waals surface area contributed by atoms with Crippen LogP contribution in [0.2, 0.25) is 0 Å². The van der Waals surface area contributed by atoms with E-state index in [1.165, 1.54) is 5.30 Å². The van der Waals surface area contributed by atoms with Crippen LogP contribution in [0.15, 0.2) is 30.3 Å². The lowest BCUT2D eigenvalue weighted by Crippen LogP contribution is -1.95. The fourth-order valence-corrected chi connectivity index (χ4v) is 1.42. The number of benzene rings is 1. The SMILES string of the molecule is [2H]c1ccc(P(C)C)cc1. The van der Waals surface area contributed by atoms with Crippen LogP contribution in [0.1, 0.15) is 1.37 Å². The van der Waals surface area contributed by atoms with Gasteiger partial charge in [-0.05, 0) is 18.6 Å². The lowest BCUT2D eigenvalue weighted by molar-refractivity contribution is 1.77. The molecule has 0 atom stereocenters. The summed E-state index contributed by atoms with van der Waals surface area (Å²) in [5.74, 6) is 0. The highest BCUT2D eigenvalue weighted by molar-refractivity contribution is 7.64. The highest BCUT2D eigenvalue weighted by atomic mass is 31.1. The predicted octanol–water partition coefficient (Wildman–Crippen LogP) is 2.05. The molecule has 0 bridgehead atoms. The van der Waals surface area contributed by atoms with E-state index in [0.29, 0.717) is 6.04 Å². The minimum absolute atomic E-state index is 0.00870. The lowest BCUT2D eigenvalue weighted by atomic mass is 10.4. The van der Waals surface area contributed by atoms with Crippen molar-refractivity contribution in [3.05, 3.63) is 30.3 Å². The molecular weight excluding hydrogens is 127 g/mol. The van der Waals surface area contributed by atoms with Gasteiger partial charge in [0.2, 0.25) is 0 Å². The molecule has 9 heavy (non-hydrogen) atoms. The number of rotatable bonds is 1. The molecule has 0 amide bonds. The molecule has 0 aliphatic carbocycles. The maximum Gasteiger partial charge on any atom is 0.0623 e. The van der Waals surface area contributed by atoms with Crippen LogP contribution in [0.25, 0.3) is 0 Å². The molecule has 0 N–H and O–H groups in total. The molecule has 1 heteroatoms. The van der Waals surface area contributed by atoms with Crippen molar-refractivity contribution < 1.29 is 1.37 Å². The van der Waals surface area contributed by atoms with E-state index in [9.17, 15) is 0 Å². The number of hydrogen-bond acceptors (Lipinski definition) is 0. The van der Waals surface area contributed by atoms with Crippen LogP contribution in [0, 0.1) is 0 Å². The van der Waals surface area contributed by atoms with Crippen molar-refractivity contribution in [2.24, 2.45) is 0 Å². The topological polar surface area (TPSA) is 0 Å². The Morgan fingerprint density at radius 3 is 2.33 bits per heavy atom. The first-order valence-corrected chi connectivity index (χ1v) is 5.18. The molecular formula is C8H11P. The Balaban J connectivity index is 2.89. The Bertz CT molecular complexity index is 203. The van der Waals surface area contributed by atoms with Crippen LogP contribution < -0.4 is 5.30 Å². The second kappa shape index (κ2) is 2.98. The van der Waals surface area contributed by atoms with Crippen molar-refractivity contribution in [3.63, 3.8) is 0 Å². The van der Waals surface area contributed by atoms with Gasteiger partial charge < -0.3 is 0 Å². The van der Waals surface area contributed by atoms with Gasteiger partial charge >= 0.3 is 0 Å². The first-order chi connectivity index (χ1) is 4.70. The quantitative estimate of drug-likeness (QED) is 0.522. The summed E-state index contributed by atoms with van der Waals surface area (Å²) in [6, 6.07) is 8.36. The Labute approximate surface area is 59.1 Å². The molecule has 0 saturated carbocycles. The molecule has 0 aliphatic rings. The highest BCUT2D eigenvalue weighted by Crippen LogP contribution is 2.22. The van der Waals surface area contributed by atoms with Gasteiger partial charge in [0, 0.05) is 0 Å². The van der Waals surface area contributed by atoms with Gasteiger partial charge in [-0.15, -0.1) is 0 Å². The van der Waals surface area contributed by atoms with Gasteiger partial charge in [0.1, 0.15) is 0 Å². The molecule has 0 radical (unpaired) electrons. The van der Waals surface area contributed by atoms with Crippen LogP contribution >= 0.6 is 7.92 Å². The van der Waals surface area contributed by atoms with E-state index in [1.807, 2.05) is 24.3 Å². The summed E-state index contributed by atoms with van der Waals surface area (Å²) < 4.78 is 7.24. The summed E-state index contributed by atoms with van der Waals surface area (Å²) in [7, 11) is 0.00870. The second-order valence-electron chi connectivity index (χ2n) is 2.15. The zero-order valence-corrected chi connectivity index (χ0v) is 6.65. The first kappa shape index (κ1) is 5.44. The maximum absolute atomic E-state index is 7.24. The molecule has 0 unspecified atom stereocenters. The normalized spacial score (nSPS) is 11.7. The molecule has 1 aromatic rings. The average molecular weight is 139 g/mol. The Kier molecular flexibility index (Phi) is 1.80. The van der Waals surface area contributed by atoms with Crippen LogP contribution in [0.5, 0.6) is 0 Å². The van der Waals surface area contributed by atoms with E-state index in [-0.39, 0.29) is 7.92 Å². The molecule has 0 nitrogen and oxygen atoms in total. The molecule has 0 aromatic heterocycles. The van der Waals surface area contributed by atoms with Crippen LogP contribution in [-0.2, 0) is 0 Å². The first-order valence-electron chi connectivity index (χ1n) is 3.44. The molecule has 0 fully saturated rings. The van der Waals surface area contributed by atoms with Crippen LogP contribution in [-0.4, -0.2) is 13.3 Å². The Morgan fingerprint density at radius 2 is 1.89 bits per heavy atom. The maximum atomic E-state index is 7.24. The van der Waals surface area contributed by atoms with Crippen LogP contribution in [0.3, 0.4) is 0 Å². The van der Waals surface area contributed by atoms with Gasteiger partial charge in [0.05, 0.1) is 1.37 Å². The van der Waals surface area contributed by atoms with Crippen molar-refractivity contribution in [2.45, 2.75) is 0 Å². The van der Waals surface area contributed by atoms with E-state index in [0.717, 1.165) is 0 Å². The minimum Gasteiger partial charge on any atom is -0.0817 e. The van der Waals surface area contributed by atoms with Gasteiger partial charge in [-0.2, -0.15) is 0 Å². The van der Waals surface area contributed by atoms with Crippen molar-refractivity contribution in [1.82, 2.24) is 0 Å². The largest absolute Gasteiger partial charge is 0.0817 e. The zero-order valence-electron chi connectivity index (χ0n) is 6.76. The molecule has 0 heterocycles. The van der Waals surface area contributed by atoms with E-state index in [2.05, 4.69) is 13.3 Å². The van der Waals surface area contributed by atoms with Gasteiger partial charge in [0.25, 0.3) is 0 Å². The van der Waals surface area contributed by atoms with E-state index in [1.54, 1.807) is 0 Å². The molecule has 1 rings (SSSR count).